The minimum absolute atomic E-state index is 0.117. The van der Waals surface area contributed by atoms with Crippen LogP contribution in [0, 0.1) is 5.92 Å². The quantitative estimate of drug-likeness (QED) is 0.724. The maximum Gasteiger partial charge on any atom is 0.314 e. The van der Waals surface area contributed by atoms with Gasteiger partial charge >= 0.3 is 6.03 Å². The summed E-state index contributed by atoms with van der Waals surface area (Å²) in [5.41, 5.74) is 0. The number of para-hydroxylation sites is 1. The van der Waals surface area contributed by atoms with Gasteiger partial charge in [0.2, 0.25) is 0 Å². The topological polar surface area (TPSA) is 53.6 Å². The molecule has 0 atom stereocenters. The summed E-state index contributed by atoms with van der Waals surface area (Å²) in [7, 11) is 0. The van der Waals surface area contributed by atoms with Gasteiger partial charge < -0.3 is 20.3 Å². The molecule has 1 fully saturated rings. The smallest absolute Gasteiger partial charge is 0.314 e. The third-order valence-electron chi connectivity index (χ3n) is 4.21. The number of ether oxygens (including phenoxy) is 1. The number of benzene rings is 1. The Morgan fingerprint density at radius 3 is 2.61 bits per heavy atom. The highest BCUT2D eigenvalue weighted by Crippen LogP contribution is 2.15. The molecule has 1 aromatic carbocycles. The molecule has 5 nitrogen and oxygen atoms in total. The first-order valence-electron chi connectivity index (χ1n) is 8.66. The van der Waals surface area contributed by atoms with E-state index in [0.717, 1.165) is 31.2 Å². The fourth-order valence-electron chi connectivity index (χ4n) is 2.70. The van der Waals surface area contributed by atoms with Gasteiger partial charge in [-0.25, -0.2) is 4.79 Å². The van der Waals surface area contributed by atoms with E-state index in [1.807, 2.05) is 30.3 Å². The van der Waals surface area contributed by atoms with Gasteiger partial charge in [-0.05, 0) is 56.9 Å². The van der Waals surface area contributed by atoms with Gasteiger partial charge in [0.1, 0.15) is 12.4 Å². The highest BCUT2D eigenvalue weighted by Gasteiger charge is 2.14. The van der Waals surface area contributed by atoms with Gasteiger partial charge in [0, 0.05) is 6.54 Å². The van der Waals surface area contributed by atoms with Crippen LogP contribution in [0.1, 0.15) is 26.2 Å². The summed E-state index contributed by atoms with van der Waals surface area (Å²) in [6.45, 7) is 7.49. The van der Waals surface area contributed by atoms with Crippen molar-refractivity contribution in [2.45, 2.75) is 26.2 Å². The molecule has 2 rings (SSSR count). The average Bonchev–Trinajstić information content (AvgIpc) is 2.58. The van der Waals surface area contributed by atoms with Crippen molar-refractivity contribution in [3.63, 3.8) is 0 Å². The third-order valence-corrected chi connectivity index (χ3v) is 4.21. The number of carbonyl (C=O) groups excluding carboxylic acids is 1. The number of nitrogens with zero attached hydrogens (tertiary/aromatic N) is 1. The van der Waals surface area contributed by atoms with Crippen LogP contribution < -0.4 is 15.4 Å². The number of hydrogen-bond acceptors (Lipinski definition) is 3. The lowest BCUT2D eigenvalue weighted by Crippen LogP contribution is -2.39. The number of likely N-dealkylation sites (tertiary alicyclic amines) is 1. The summed E-state index contributed by atoms with van der Waals surface area (Å²) in [4.78, 5) is 14.2. The predicted molar refractivity (Wildman–Crippen MR) is 92.8 cm³/mol. The van der Waals surface area contributed by atoms with Gasteiger partial charge in [-0.15, -0.1) is 0 Å². The summed E-state index contributed by atoms with van der Waals surface area (Å²) in [6.07, 6.45) is 3.60. The number of rotatable bonds is 8. The van der Waals surface area contributed by atoms with E-state index in [1.54, 1.807) is 0 Å². The third kappa shape index (κ3) is 7.37. The molecular formula is C18H29N3O2. The van der Waals surface area contributed by atoms with Gasteiger partial charge in [0.25, 0.3) is 0 Å². The molecule has 2 N–H and O–H groups in total. The van der Waals surface area contributed by atoms with E-state index >= 15 is 0 Å². The maximum absolute atomic E-state index is 11.7. The molecule has 0 aliphatic carbocycles. The number of amides is 2. The summed E-state index contributed by atoms with van der Waals surface area (Å²) < 4.78 is 5.52. The summed E-state index contributed by atoms with van der Waals surface area (Å²) >= 11 is 0. The molecule has 5 heteroatoms. The van der Waals surface area contributed by atoms with Crippen molar-refractivity contribution in [1.82, 2.24) is 15.5 Å². The van der Waals surface area contributed by atoms with Gasteiger partial charge in [0.05, 0.1) is 6.54 Å². The summed E-state index contributed by atoms with van der Waals surface area (Å²) in [5, 5.41) is 5.71. The number of carbonyl (C=O) groups is 1. The van der Waals surface area contributed by atoms with Gasteiger partial charge in [-0.3, -0.25) is 0 Å². The Balaban J connectivity index is 1.44. The van der Waals surface area contributed by atoms with E-state index < -0.39 is 0 Å². The fraction of sp³-hybridized carbons (Fsp3) is 0.611. The molecule has 128 valence electrons. The van der Waals surface area contributed by atoms with E-state index in [4.69, 9.17) is 4.74 Å². The van der Waals surface area contributed by atoms with Crippen molar-refractivity contribution in [2.24, 2.45) is 5.92 Å². The zero-order valence-corrected chi connectivity index (χ0v) is 14.1. The van der Waals surface area contributed by atoms with Crippen molar-refractivity contribution in [2.75, 3.05) is 39.3 Å². The number of urea groups is 1. The van der Waals surface area contributed by atoms with Crippen LogP contribution in [-0.2, 0) is 0 Å². The van der Waals surface area contributed by atoms with Crippen molar-refractivity contribution in [3.05, 3.63) is 30.3 Å². The van der Waals surface area contributed by atoms with Crippen molar-refractivity contribution >= 4 is 6.03 Å². The second kappa shape index (κ2) is 10.1. The molecule has 0 radical (unpaired) electrons. The summed E-state index contributed by atoms with van der Waals surface area (Å²) in [6, 6.07) is 9.50. The van der Waals surface area contributed by atoms with E-state index in [2.05, 4.69) is 22.5 Å². The lowest BCUT2D eigenvalue weighted by atomic mass is 9.99. The average molecular weight is 319 g/mol. The molecular weight excluding hydrogens is 290 g/mol. The Morgan fingerprint density at radius 2 is 1.87 bits per heavy atom. The highest BCUT2D eigenvalue weighted by atomic mass is 16.5. The standard InChI is InChI=1S/C18H29N3O2/c1-16-8-13-21(14-9-16)12-5-10-19-18(22)20-11-15-23-17-6-3-2-4-7-17/h2-4,6-7,16H,5,8-15H2,1H3,(H2,19,20,22). The van der Waals surface area contributed by atoms with Crippen LogP contribution in [0.25, 0.3) is 0 Å². The number of hydrogen-bond donors (Lipinski definition) is 2. The Hall–Kier alpha value is -1.75. The van der Waals surface area contributed by atoms with Crippen molar-refractivity contribution in [1.29, 1.82) is 0 Å². The molecule has 1 aliphatic heterocycles. The predicted octanol–water partition coefficient (Wildman–Crippen LogP) is 2.49. The molecule has 1 aliphatic rings. The van der Waals surface area contributed by atoms with Crippen LogP contribution in [0.2, 0.25) is 0 Å². The van der Waals surface area contributed by atoms with Crippen molar-refractivity contribution < 1.29 is 9.53 Å². The molecule has 23 heavy (non-hydrogen) atoms. The second-order valence-electron chi connectivity index (χ2n) is 6.22. The van der Waals surface area contributed by atoms with E-state index in [0.29, 0.717) is 13.2 Å². The van der Waals surface area contributed by atoms with Crippen molar-refractivity contribution in [3.8, 4) is 5.75 Å². The van der Waals surface area contributed by atoms with E-state index in [1.165, 1.54) is 25.9 Å². The first-order chi connectivity index (χ1) is 11.2. The normalized spacial score (nSPS) is 16.0. The molecule has 1 saturated heterocycles. The van der Waals surface area contributed by atoms with E-state index in [9.17, 15) is 4.79 Å². The zero-order chi connectivity index (χ0) is 16.3. The van der Waals surface area contributed by atoms with Crippen LogP contribution in [0.4, 0.5) is 4.79 Å². The highest BCUT2D eigenvalue weighted by molar-refractivity contribution is 5.73. The molecule has 0 unspecified atom stereocenters. The Bertz CT molecular complexity index is 445. The van der Waals surface area contributed by atoms with Gasteiger partial charge in [0.15, 0.2) is 0 Å². The van der Waals surface area contributed by atoms with Gasteiger partial charge in [-0.2, -0.15) is 0 Å². The molecule has 0 spiro atoms. The molecule has 0 aromatic heterocycles. The van der Waals surface area contributed by atoms with Crippen LogP contribution in [0.5, 0.6) is 5.75 Å². The minimum Gasteiger partial charge on any atom is -0.492 e. The fourth-order valence-corrected chi connectivity index (χ4v) is 2.70. The second-order valence-corrected chi connectivity index (χ2v) is 6.22. The number of nitrogens with one attached hydrogen (secondary N) is 2. The Morgan fingerprint density at radius 1 is 1.17 bits per heavy atom. The largest absolute Gasteiger partial charge is 0.492 e. The lowest BCUT2D eigenvalue weighted by molar-refractivity contribution is 0.190. The molecule has 1 aromatic rings. The summed E-state index contributed by atoms with van der Waals surface area (Å²) in [5.74, 6) is 1.69. The molecule has 0 bridgehead atoms. The van der Waals surface area contributed by atoms with E-state index in [-0.39, 0.29) is 6.03 Å². The van der Waals surface area contributed by atoms with Crippen LogP contribution in [0.3, 0.4) is 0 Å². The first-order valence-corrected chi connectivity index (χ1v) is 8.66. The Kier molecular flexibility index (Phi) is 7.73. The first kappa shape index (κ1) is 17.6. The van der Waals surface area contributed by atoms with Crippen LogP contribution >= 0.6 is 0 Å². The van der Waals surface area contributed by atoms with Gasteiger partial charge in [-0.1, -0.05) is 25.1 Å². The molecule has 0 saturated carbocycles. The number of piperidine rings is 1. The minimum atomic E-state index is -0.117. The SMILES string of the molecule is CC1CCN(CCCNC(=O)NCCOc2ccccc2)CC1. The van der Waals surface area contributed by atoms with Crippen LogP contribution in [0.15, 0.2) is 30.3 Å². The monoisotopic (exact) mass is 319 g/mol. The maximum atomic E-state index is 11.7. The Labute approximate surface area is 139 Å². The molecule has 1 heterocycles. The lowest BCUT2D eigenvalue weighted by Gasteiger charge is -2.30. The van der Waals surface area contributed by atoms with Crippen LogP contribution in [-0.4, -0.2) is 50.3 Å². The zero-order valence-electron chi connectivity index (χ0n) is 14.1. The molecule has 2 amide bonds.